The Hall–Kier alpha value is -8.92. The van der Waals surface area contributed by atoms with Gasteiger partial charge in [-0.2, -0.15) is 0 Å². The molecule has 68 heavy (non-hydrogen) atoms. The van der Waals surface area contributed by atoms with Gasteiger partial charge in [-0.05, 0) is 109 Å². The first-order valence-electron chi connectivity index (χ1n) is 23.4. The Morgan fingerprint density at radius 2 is 0.868 bits per heavy atom. The molecule has 0 saturated carbocycles. The SMILES string of the molecule is c1ccc(N(c2ccc(-c3cccc4c3oc3ccccc34)cc2)c2cccc3c2-c2ccccc2C32c3ccccc3-c3ccccc32)c(-c2cccc3oc4cc5ccccc5cc4c23)c1. The zero-order valence-electron chi connectivity index (χ0n) is 36.8. The average Bonchev–Trinajstić information content (AvgIpc) is 4.14. The third-order valence-electron chi connectivity index (χ3n) is 14.9. The Morgan fingerprint density at radius 1 is 0.324 bits per heavy atom. The number of hydrogen-bond acceptors (Lipinski definition) is 3. The Balaban J connectivity index is 0.998. The van der Waals surface area contributed by atoms with Crippen LogP contribution in [0.4, 0.5) is 17.1 Å². The maximum Gasteiger partial charge on any atom is 0.143 e. The van der Waals surface area contributed by atoms with Crippen LogP contribution in [0.25, 0.3) is 99.2 Å². The average molecular weight is 866 g/mol. The molecule has 0 N–H and O–H groups in total. The highest BCUT2D eigenvalue weighted by molar-refractivity contribution is 6.17. The van der Waals surface area contributed by atoms with Crippen LogP contribution in [-0.4, -0.2) is 0 Å². The van der Waals surface area contributed by atoms with Crippen LogP contribution in [0.3, 0.4) is 0 Å². The summed E-state index contributed by atoms with van der Waals surface area (Å²) in [5, 5.41) is 6.81. The highest BCUT2D eigenvalue weighted by Crippen LogP contribution is 2.65. The van der Waals surface area contributed by atoms with Crippen LogP contribution < -0.4 is 4.90 Å². The minimum atomic E-state index is -0.487. The topological polar surface area (TPSA) is 29.5 Å². The zero-order chi connectivity index (χ0) is 44.5. The molecule has 1 spiro atoms. The minimum Gasteiger partial charge on any atom is -0.456 e. The van der Waals surface area contributed by atoms with Crippen molar-refractivity contribution in [3.63, 3.8) is 0 Å². The van der Waals surface area contributed by atoms with Gasteiger partial charge in [0, 0.05) is 43.9 Å². The van der Waals surface area contributed by atoms with Crippen molar-refractivity contribution in [3.8, 4) is 44.5 Å². The van der Waals surface area contributed by atoms with E-state index in [2.05, 4.69) is 235 Å². The molecule has 0 radical (unpaired) electrons. The molecular weight excluding hydrogens is 827 g/mol. The van der Waals surface area contributed by atoms with Crippen molar-refractivity contribution >= 4 is 71.7 Å². The summed E-state index contributed by atoms with van der Waals surface area (Å²) < 4.78 is 13.2. The van der Waals surface area contributed by atoms with Gasteiger partial charge in [-0.25, -0.2) is 0 Å². The van der Waals surface area contributed by atoms with Gasteiger partial charge < -0.3 is 13.7 Å². The van der Waals surface area contributed by atoms with Gasteiger partial charge in [0.1, 0.15) is 22.3 Å². The largest absolute Gasteiger partial charge is 0.456 e. The summed E-state index contributed by atoms with van der Waals surface area (Å²) in [4.78, 5) is 2.50. The summed E-state index contributed by atoms with van der Waals surface area (Å²) >= 11 is 0. The molecule has 0 saturated heterocycles. The van der Waals surface area contributed by atoms with Crippen molar-refractivity contribution in [1.29, 1.82) is 0 Å². The smallest absolute Gasteiger partial charge is 0.143 e. The predicted molar refractivity (Wildman–Crippen MR) is 280 cm³/mol. The van der Waals surface area contributed by atoms with Gasteiger partial charge in [0.2, 0.25) is 0 Å². The molecule has 0 amide bonds. The zero-order valence-corrected chi connectivity index (χ0v) is 36.8. The van der Waals surface area contributed by atoms with E-state index in [-0.39, 0.29) is 0 Å². The second-order valence-electron chi connectivity index (χ2n) is 18.2. The molecule has 0 fully saturated rings. The Kier molecular flexibility index (Phi) is 7.71. The van der Waals surface area contributed by atoms with E-state index in [4.69, 9.17) is 8.83 Å². The second-order valence-corrected chi connectivity index (χ2v) is 18.2. The fourth-order valence-electron chi connectivity index (χ4n) is 12.1. The standard InChI is InChI=1S/C65H39NO2/c1-2-17-42-39-61-52(38-41(42)16-1)62-49(24-14-33-60(62)67-61)47-20-6-11-30-57(47)66(43-36-34-40(35-37-43)44-23-13-25-50-48-21-7-12-32-59(48)68-64(44)50)58-31-15-29-56-63(58)51-22-5-10-28-55(51)65(56)53-26-8-3-18-45(53)46-19-4-9-27-54(46)65/h1-39H. The molecule has 3 nitrogen and oxygen atoms in total. The molecule has 13 aromatic rings. The van der Waals surface area contributed by atoms with Crippen molar-refractivity contribution in [3.05, 3.63) is 259 Å². The maximum absolute atomic E-state index is 6.69. The number of furan rings is 2. The molecule has 0 atom stereocenters. The normalized spacial score (nSPS) is 13.1. The van der Waals surface area contributed by atoms with Gasteiger partial charge in [-0.1, -0.05) is 188 Å². The first-order valence-corrected chi connectivity index (χ1v) is 23.4. The fourth-order valence-corrected chi connectivity index (χ4v) is 12.1. The molecule has 2 aliphatic carbocycles. The van der Waals surface area contributed by atoms with Crippen molar-refractivity contribution in [1.82, 2.24) is 0 Å². The summed E-state index contributed by atoms with van der Waals surface area (Å²) in [5.41, 5.74) is 21.0. The summed E-state index contributed by atoms with van der Waals surface area (Å²) in [6.45, 7) is 0. The summed E-state index contributed by atoms with van der Waals surface area (Å²) in [6.07, 6.45) is 0. The van der Waals surface area contributed by atoms with E-state index >= 15 is 0 Å². The summed E-state index contributed by atoms with van der Waals surface area (Å²) in [6, 6.07) is 86.4. The molecule has 316 valence electrons. The lowest BCUT2D eigenvalue weighted by Gasteiger charge is -2.32. The van der Waals surface area contributed by atoms with Gasteiger partial charge in [0.05, 0.1) is 16.8 Å². The fraction of sp³-hybridized carbons (Fsp3) is 0.0154. The van der Waals surface area contributed by atoms with E-state index in [0.29, 0.717) is 0 Å². The minimum absolute atomic E-state index is 0.487. The van der Waals surface area contributed by atoms with Crippen LogP contribution in [0.2, 0.25) is 0 Å². The molecular formula is C65H39NO2. The quantitative estimate of drug-likeness (QED) is 0.173. The monoisotopic (exact) mass is 865 g/mol. The van der Waals surface area contributed by atoms with Crippen molar-refractivity contribution < 1.29 is 8.83 Å². The van der Waals surface area contributed by atoms with Crippen molar-refractivity contribution in [2.24, 2.45) is 0 Å². The highest BCUT2D eigenvalue weighted by Gasteiger charge is 2.52. The van der Waals surface area contributed by atoms with Gasteiger partial charge in [0.15, 0.2) is 0 Å². The molecule has 3 heteroatoms. The molecule has 0 unspecified atom stereocenters. The lowest BCUT2D eigenvalue weighted by atomic mass is 9.70. The lowest BCUT2D eigenvalue weighted by Crippen LogP contribution is -2.26. The molecule has 2 aliphatic rings. The third kappa shape index (κ3) is 5.02. The number of rotatable bonds is 5. The summed E-state index contributed by atoms with van der Waals surface area (Å²) in [5.74, 6) is 0. The number of anilines is 3. The number of fused-ring (bicyclic) bond motifs is 17. The van der Waals surface area contributed by atoms with E-state index < -0.39 is 5.41 Å². The van der Waals surface area contributed by atoms with Gasteiger partial charge in [-0.15, -0.1) is 0 Å². The highest BCUT2D eigenvalue weighted by atomic mass is 16.3. The maximum atomic E-state index is 6.69. The molecule has 2 aromatic heterocycles. The van der Waals surface area contributed by atoms with Crippen molar-refractivity contribution in [2.75, 3.05) is 4.90 Å². The number of nitrogens with zero attached hydrogens (tertiary/aromatic N) is 1. The van der Waals surface area contributed by atoms with Crippen LogP contribution in [-0.2, 0) is 5.41 Å². The third-order valence-corrected chi connectivity index (χ3v) is 14.9. The van der Waals surface area contributed by atoms with Crippen LogP contribution in [0, 0.1) is 0 Å². The van der Waals surface area contributed by atoms with E-state index in [1.54, 1.807) is 0 Å². The molecule has 11 aromatic carbocycles. The van der Waals surface area contributed by atoms with Crippen LogP contribution in [0.15, 0.2) is 245 Å². The second kappa shape index (κ2) is 14.0. The van der Waals surface area contributed by atoms with Crippen molar-refractivity contribution in [2.45, 2.75) is 5.41 Å². The molecule has 15 rings (SSSR count). The molecule has 0 aliphatic heterocycles. The number of para-hydroxylation sites is 3. The Morgan fingerprint density at radius 3 is 1.66 bits per heavy atom. The van der Waals surface area contributed by atoms with Crippen LogP contribution in [0.5, 0.6) is 0 Å². The number of benzene rings is 11. The number of hydrogen-bond donors (Lipinski definition) is 0. The van der Waals surface area contributed by atoms with Gasteiger partial charge in [0.25, 0.3) is 0 Å². The molecule has 0 bridgehead atoms. The van der Waals surface area contributed by atoms with Gasteiger partial charge >= 0.3 is 0 Å². The Labute approximate surface area is 392 Å². The molecule has 2 heterocycles. The summed E-state index contributed by atoms with van der Waals surface area (Å²) in [7, 11) is 0. The van der Waals surface area contributed by atoms with Gasteiger partial charge in [-0.3, -0.25) is 0 Å². The predicted octanol–water partition coefficient (Wildman–Crippen LogP) is 17.8. The first-order chi connectivity index (χ1) is 33.7. The van der Waals surface area contributed by atoms with Crippen LogP contribution >= 0.6 is 0 Å². The lowest BCUT2D eigenvalue weighted by molar-refractivity contribution is 0.669. The Bertz CT molecular complexity index is 4180. The van der Waals surface area contributed by atoms with E-state index in [9.17, 15) is 0 Å². The van der Waals surface area contributed by atoms with Crippen LogP contribution in [0.1, 0.15) is 22.3 Å². The first kappa shape index (κ1) is 37.3. The van der Waals surface area contributed by atoms with E-state index in [1.807, 2.05) is 6.07 Å². The van der Waals surface area contributed by atoms with E-state index in [0.717, 1.165) is 88.6 Å². The van der Waals surface area contributed by atoms with E-state index in [1.165, 1.54) is 49.9 Å².